The molecule has 19 heteroatoms. The van der Waals surface area contributed by atoms with Crippen LogP contribution < -0.4 is 0 Å². The molecule has 0 radical (unpaired) electrons. The smallest absolute Gasteiger partial charge is 0.462 e. The van der Waals surface area contributed by atoms with Crippen LogP contribution in [0.2, 0.25) is 0 Å². The molecule has 98 heavy (non-hydrogen) atoms. The van der Waals surface area contributed by atoms with Crippen molar-refractivity contribution in [2.24, 2.45) is 0 Å². The van der Waals surface area contributed by atoms with Crippen molar-refractivity contribution < 1.29 is 80.2 Å². The Morgan fingerprint density at radius 3 is 0.816 bits per heavy atom. The van der Waals surface area contributed by atoms with E-state index in [1.807, 2.05) is 0 Å². The fraction of sp³-hybridized carbons (Fsp3) is 0.823. The third-order valence-corrected chi connectivity index (χ3v) is 18.9. The predicted octanol–water partition coefficient (Wildman–Crippen LogP) is 22.7. The average molecular weight is 1430 g/mol. The summed E-state index contributed by atoms with van der Waals surface area (Å²) in [6.45, 7) is 4.79. The van der Waals surface area contributed by atoms with Crippen molar-refractivity contribution in [3.05, 3.63) is 60.8 Å². The maximum atomic E-state index is 13.1. The molecule has 0 aromatic heterocycles. The van der Waals surface area contributed by atoms with Gasteiger partial charge in [-0.3, -0.25) is 37.3 Å². The first-order valence-electron chi connectivity index (χ1n) is 39.5. The zero-order valence-corrected chi connectivity index (χ0v) is 64.3. The largest absolute Gasteiger partial charge is 0.472 e. The number of ether oxygens (including phenoxy) is 4. The van der Waals surface area contributed by atoms with E-state index in [9.17, 15) is 43.2 Å². The van der Waals surface area contributed by atoms with Gasteiger partial charge in [0.25, 0.3) is 0 Å². The number of rotatable bonds is 75. The number of carbonyl (C=O) groups excluding carboxylic acids is 4. The first-order chi connectivity index (χ1) is 47.7. The van der Waals surface area contributed by atoms with Crippen molar-refractivity contribution in [1.82, 2.24) is 0 Å². The first-order valence-corrected chi connectivity index (χ1v) is 42.5. The second-order valence-electron chi connectivity index (χ2n) is 26.6. The summed E-state index contributed by atoms with van der Waals surface area (Å²) in [6, 6.07) is 0. The molecule has 0 amide bonds. The number of hydrogen-bond donors (Lipinski definition) is 3. The number of unbranched alkanes of at least 4 members (excludes halogenated alkanes) is 39. The molecule has 0 aliphatic rings. The Kier molecular flexibility index (Phi) is 69.7. The highest BCUT2D eigenvalue weighted by Gasteiger charge is 2.30. The number of allylic oxidation sites excluding steroid dienone is 10. The number of hydrogen-bond acceptors (Lipinski definition) is 15. The lowest BCUT2D eigenvalue weighted by atomic mass is 10.0. The number of esters is 4. The van der Waals surface area contributed by atoms with Gasteiger partial charge in [0.15, 0.2) is 12.2 Å². The number of phosphoric acid groups is 2. The molecule has 0 saturated heterocycles. The van der Waals surface area contributed by atoms with E-state index in [1.165, 1.54) is 167 Å². The van der Waals surface area contributed by atoms with Gasteiger partial charge in [-0.2, -0.15) is 0 Å². The van der Waals surface area contributed by atoms with E-state index >= 15 is 0 Å². The minimum atomic E-state index is -4.98. The lowest BCUT2D eigenvalue weighted by molar-refractivity contribution is -0.161. The molecule has 0 aromatic rings. The maximum Gasteiger partial charge on any atom is 0.472 e. The van der Waals surface area contributed by atoms with Gasteiger partial charge in [-0.25, -0.2) is 9.13 Å². The van der Waals surface area contributed by atoms with E-state index in [1.54, 1.807) is 0 Å². The number of aliphatic hydroxyl groups excluding tert-OH is 1. The molecule has 0 aliphatic carbocycles. The Hall–Kier alpha value is -3.24. The van der Waals surface area contributed by atoms with Gasteiger partial charge in [0.05, 0.1) is 26.4 Å². The second-order valence-corrected chi connectivity index (χ2v) is 29.6. The van der Waals surface area contributed by atoms with Gasteiger partial charge in [-0.15, -0.1) is 0 Å². The van der Waals surface area contributed by atoms with E-state index in [0.717, 1.165) is 116 Å². The van der Waals surface area contributed by atoms with Crippen LogP contribution in [0.1, 0.15) is 362 Å². The average Bonchev–Trinajstić information content (AvgIpc) is 0.982. The van der Waals surface area contributed by atoms with Crippen molar-refractivity contribution in [1.29, 1.82) is 0 Å². The molecule has 0 aromatic carbocycles. The third-order valence-electron chi connectivity index (χ3n) is 17.0. The SMILES string of the molecule is CC/C=C\C/C=C\C/C=C\C/C=C\C/C=C\CCCCCC(=O)O[C@H](COC(=O)CCCCCCCCCCCCCCC)COP(=O)(O)OC[C@@H](O)COP(=O)(O)OC[C@@H](COC(=O)CCCCCCCCCCCCCCC)OC(=O)CCCCCCCCCCCCCCC. The molecule has 0 fully saturated rings. The quantitative estimate of drug-likeness (QED) is 0.0169. The molecule has 2 unspecified atom stereocenters. The second kappa shape index (κ2) is 72.1. The van der Waals surface area contributed by atoms with E-state index in [2.05, 4.69) is 88.5 Å². The van der Waals surface area contributed by atoms with E-state index < -0.39 is 97.5 Å². The highest BCUT2D eigenvalue weighted by Crippen LogP contribution is 2.45. The van der Waals surface area contributed by atoms with Crippen LogP contribution in [0.5, 0.6) is 0 Å². The van der Waals surface area contributed by atoms with Crippen LogP contribution in [0.3, 0.4) is 0 Å². The third kappa shape index (κ3) is 71.2. The highest BCUT2D eigenvalue weighted by atomic mass is 31.2. The van der Waals surface area contributed by atoms with Gasteiger partial charge in [0.1, 0.15) is 19.3 Å². The fourth-order valence-electron chi connectivity index (χ4n) is 11.0. The molecule has 5 atom stereocenters. The summed E-state index contributed by atoms with van der Waals surface area (Å²) in [5.41, 5.74) is 0. The van der Waals surface area contributed by atoms with Crippen LogP contribution in [0.25, 0.3) is 0 Å². The summed E-state index contributed by atoms with van der Waals surface area (Å²) in [5, 5.41) is 10.6. The Morgan fingerprint density at radius 2 is 0.531 bits per heavy atom. The standard InChI is InChI=1S/C79H144O17P2/c1-5-9-13-17-21-25-29-33-34-35-36-37-38-42-46-50-54-58-62-66-79(84)96-75(70-90-77(82)64-60-56-52-48-44-40-31-27-23-19-15-11-7-3)72-94-98(87,88)92-68-73(80)67-91-97(85,86)93-71-74(95-78(83)65-61-57-53-49-45-41-32-28-24-20-16-12-8-4)69-89-76(81)63-59-55-51-47-43-39-30-26-22-18-14-10-6-2/h9,13,21,25,33-34,36-37,42,46,73-75,80H,5-8,10-12,14-20,22-24,26-32,35,38-41,43-45,47-72H2,1-4H3,(H,85,86)(H,87,88)/b13-9-,25-21-,34-33-,37-36-,46-42-/t73-,74+,75+/m0/s1. The summed E-state index contributed by atoms with van der Waals surface area (Å²) in [7, 11) is -9.94. The molecule has 0 spiro atoms. The minimum absolute atomic E-state index is 0.0608. The fourth-order valence-corrected chi connectivity index (χ4v) is 12.6. The normalized spacial score (nSPS) is 14.2. The van der Waals surface area contributed by atoms with E-state index in [0.29, 0.717) is 25.7 Å². The van der Waals surface area contributed by atoms with Gasteiger partial charge in [-0.05, 0) is 70.6 Å². The van der Waals surface area contributed by atoms with Gasteiger partial charge >= 0.3 is 39.5 Å². The van der Waals surface area contributed by atoms with Crippen LogP contribution >= 0.6 is 15.6 Å². The number of carbonyl (C=O) groups is 4. The van der Waals surface area contributed by atoms with E-state index in [-0.39, 0.29) is 25.7 Å². The molecule has 0 heterocycles. The Morgan fingerprint density at radius 1 is 0.296 bits per heavy atom. The molecule has 3 N–H and O–H groups in total. The van der Waals surface area contributed by atoms with E-state index in [4.69, 9.17) is 37.0 Å². The summed E-state index contributed by atoms with van der Waals surface area (Å²) >= 11 is 0. The van der Waals surface area contributed by atoms with Crippen LogP contribution in [0.15, 0.2) is 60.8 Å². The zero-order chi connectivity index (χ0) is 71.8. The molecule has 17 nitrogen and oxygen atoms in total. The molecule has 572 valence electrons. The number of phosphoric ester groups is 2. The van der Waals surface area contributed by atoms with Crippen LogP contribution in [-0.4, -0.2) is 96.7 Å². The lowest BCUT2D eigenvalue weighted by Crippen LogP contribution is -2.30. The van der Waals surface area contributed by atoms with Crippen molar-refractivity contribution in [2.75, 3.05) is 39.6 Å². The Bertz CT molecular complexity index is 2100. The molecule has 0 rings (SSSR count). The zero-order valence-electron chi connectivity index (χ0n) is 62.5. The van der Waals surface area contributed by atoms with Crippen molar-refractivity contribution in [3.63, 3.8) is 0 Å². The lowest BCUT2D eigenvalue weighted by Gasteiger charge is -2.21. The summed E-state index contributed by atoms with van der Waals surface area (Å²) in [6.07, 6.45) is 70.6. The topological polar surface area (TPSA) is 237 Å². The van der Waals surface area contributed by atoms with Crippen LogP contribution in [0, 0.1) is 0 Å². The molecular weight excluding hydrogens is 1280 g/mol. The molecular formula is C79H144O17P2. The van der Waals surface area contributed by atoms with Crippen molar-refractivity contribution in [3.8, 4) is 0 Å². The Labute approximate surface area is 597 Å². The highest BCUT2D eigenvalue weighted by molar-refractivity contribution is 7.47. The molecule has 0 aliphatic heterocycles. The van der Waals surface area contributed by atoms with Gasteiger partial charge in [0, 0.05) is 25.7 Å². The maximum absolute atomic E-state index is 13.1. The molecule has 0 bridgehead atoms. The first kappa shape index (κ1) is 94.8. The van der Waals surface area contributed by atoms with Crippen LogP contribution in [-0.2, 0) is 65.4 Å². The van der Waals surface area contributed by atoms with Gasteiger partial charge in [-0.1, -0.05) is 326 Å². The van der Waals surface area contributed by atoms with Crippen molar-refractivity contribution >= 4 is 39.5 Å². The summed E-state index contributed by atoms with van der Waals surface area (Å²) in [4.78, 5) is 72.9. The van der Waals surface area contributed by atoms with Gasteiger partial charge in [0.2, 0.25) is 0 Å². The van der Waals surface area contributed by atoms with Crippen LogP contribution in [0.4, 0.5) is 0 Å². The minimum Gasteiger partial charge on any atom is -0.462 e. The summed E-state index contributed by atoms with van der Waals surface area (Å²) < 4.78 is 68.5. The summed E-state index contributed by atoms with van der Waals surface area (Å²) in [5.74, 6) is -2.17. The molecule has 0 saturated carbocycles. The number of aliphatic hydroxyl groups is 1. The van der Waals surface area contributed by atoms with Gasteiger partial charge < -0.3 is 33.8 Å². The van der Waals surface area contributed by atoms with Crippen molar-refractivity contribution in [2.45, 2.75) is 380 Å². The monoisotopic (exact) mass is 1430 g/mol. The predicted molar refractivity (Wildman–Crippen MR) is 400 cm³/mol. The Balaban J connectivity index is 5.33.